The lowest BCUT2D eigenvalue weighted by atomic mass is 10.1. The number of carbonyl (C=O) groups excluding carboxylic acids is 2. The molecule has 0 saturated carbocycles. The lowest BCUT2D eigenvalue weighted by Crippen LogP contribution is -2.46. The molecule has 1 aliphatic rings. The molecule has 0 radical (unpaired) electrons. The van der Waals surface area contributed by atoms with Crippen LogP contribution in [0.1, 0.15) is 23.2 Å². The standard InChI is InChI=1S/C18H20N4O3/c1-25-18(24)22-9-7-15(8-10-22)21-17(23)14-11-19-16(20-12-14)13-5-3-2-4-6-13/h2-6,11-12,15H,7-10H2,1H3,(H,21,23). The average Bonchev–Trinajstić information content (AvgIpc) is 2.68. The summed E-state index contributed by atoms with van der Waals surface area (Å²) in [6.07, 6.45) is 4.14. The molecule has 0 aliphatic carbocycles. The molecule has 1 aliphatic heterocycles. The maximum absolute atomic E-state index is 12.3. The van der Waals surface area contributed by atoms with Gasteiger partial charge < -0.3 is 15.0 Å². The molecule has 1 fully saturated rings. The third-order valence-electron chi connectivity index (χ3n) is 4.21. The molecular formula is C18H20N4O3. The molecule has 0 atom stereocenters. The van der Waals surface area contributed by atoms with Gasteiger partial charge in [-0.15, -0.1) is 0 Å². The molecule has 1 N–H and O–H groups in total. The molecule has 2 aromatic rings. The van der Waals surface area contributed by atoms with Crippen molar-refractivity contribution in [1.29, 1.82) is 0 Å². The first kappa shape index (κ1) is 16.9. The van der Waals surface area contributed by atoms with E-state index in [4.69, 9.17) is 4.74 Å². The predicted molar refractivity (Wildman–Crippen MR) is 91.9 cm³/mol. The smallest absolute Gasteiger partial charge is 0.409 e. The summed E-state index contributed by atoms with van der Waals surface area (Å²) < 4.78 is 4.71. The Morgan fingerprint density at radius 2 is 1.76 bits per heavy atom. The monoisotopic (exact) mass is 340 g/mol. The number of likely N-dealkylation sites (tertiary alicyclic amines) is 1. The van der Waals surface area contributed by atoms with E-state index >= 15 is 0 Å². The lowest BCUT2D eigenvalue weighted by Gasteiger charge is -2.31. The van der Waals surface area contributed by atoms with Crippen molar-refractivity contribution < 1.29 is 14.3 Å². The number of carbonyl (C=O) groups is 2. The van der Waals surface area contributed by atoms with Gasteiger partial charge in [-0.2, -0.15) is 0 Å². The molecule has 25 heavy (non-hydrogen) atoms. The van der Waals surface area contributed by atoms with E-state index < -0.39 is 0 Å². The highest BCUT2D eigenvalue weighted by Crippen LogP contribution is 2.14. The number of methoxy groups -OCH3 is 1. The highest BCUT2D eigenvalue weighted by atomic mass is 16.5. The second-order valence-electron chi connectivity index (χ2n) is 5.87. The fourth-order valence-electron chi connectivity index (χ4n) is 2.79. The van der Waals surface area contributed by atoms with E-state index in [0.29, 0.717) is 37.3 Å². The van der Waals surface area contributed by atoms with Crippen LogP contribution in [0.25, 0.3) is 11.4 Å². The Morgan fingerprint density at radius 3 is 2.36 bits per heavy atom. The summed E-state index contributed by atoms with van der Waals surface area (Å²) in [5.74, 6) is 0.389. The second-order valence-corrected chi connectivity index (χ2v) is 5.87. The lowest BCUT2D eigenvalue weighted by molar-refractivity contribution is 0.0891. The molecule has 1 saturated heterocycles. The van der Waals surface area contributed by atoms with Gasteiger partial charge in [-0.1, -0.05) is 30.3 Å². The Labute approximate surface area is 146 Å². The molecule has 2 heterocycles. The van der Waals surface area contributed by atoms with Crippen LogP contribution in [0.3, 0.4) is 0 Å². The Bertz CT molecular complexity index is 726. The van der Waals surface area contributed by atoms with Gasteiger partial charge in [0.15, 0.2) is 5.82 Å². The van der Waals surface area contributed by atoms with E-state index in [-0.39, 0.29) is 18.0 Å². The summed E-state index contributed by atoms with van der Waals surface area (Å²) in [7, 11) is 1.37. The summed E-state index contributed by atoms with van der Waals surface area (Å²) in [5.41, 5.74) is 1.33. The van der Waals surface area contributed by atoms with Gasteiger partial charge in [-0.25, -0.2) is 14.8 Å². The van der Waals surface area contributed by atoms with Crippen molar-refractivity contribution in [2.24, 2.45) is 0 Å². The van der Waals surface area contributed by atoms with E-state index in [1.807, 2.05) is 30.3 Å². The third-order valence-corrected chi connectivity index (χ3v) is 4.21. The van der Waals surface area contributed by atoms with Gasteiger partial charge >= 0.3 is 6.09 Å². The van der Waals surface area contributed by atoms with E-state index in [9.17, 15) is 9.59 Å². The Balaban J connectivity index is 1.56. The topological polar surface area (TPSA) is 84.4 Å². The van der Waals surface area contributed by atoms with Gasteiger partial charge in [0.2, 0.25) is 0 Å². The van der Waals surface area contributed by atoms with Gasteiger partial charge in [0.05, 0.1) is 12.7 Å². The van der Waals surface area contributed by atoms with Crippen LogP contribution >= 0.6 is 0 Å². The normalized spacial score (nSPS) is 14.8. The van der Waals surface area contributed by atoms with Gasteiger partial charge in [0.25, 0.3) is 5.91 Å². The molecule has 0 bridgehead atoms. The largest absolute Gasteiger partial charge is 0.453 e. The highest BCUT2D eigenvalue weighted by molar-refractivity contribution is 5.93. The van der Waals surface area contributed by atoms with Crippen LogP contribution in [-0.4, -0.2) is 53.1 Å². The summed E-state index contributed by atoms with van der Waals surface area (Å²) in [5, 5.41) is 2.97. The fourth-order valence-corrected chi connectivity index (χ4v) is 2.79. The van der Waals surface area contributed by atoms with Crippen molar-refractivity contribution in [3.8, 4) is 11.4 Å². The number of benzene rings is 1. The molecule has 3 rings (SSSR count). The van der Waals surface area contributed by atoms with Crippen molar-refractivity contribution in [2.45, 2.75) is 18.9 Å². The van der Waals surface area contributed by atoms with Crippen LogP contribution in [-0.2, 0) is 4.74 Å². The van der Waals surface area contributed by atoms with Crippen molar-refractivity contribution in [2.75, 3.05) is 20.2 Å². The Morgan fingerprint density at radius 1 is 1.12 bits per heavy atom. The number of piperidine rings is 1. The molecule has 0 unspecified atom stereocenters. The number of rotatable bonds is 3. The SMILES string of the molecule is COC(=O)N1CCC(NC(=O)c2cnc(-c3ccccc3)nc2)CC1. The summed E-state index contributed by atoms with van der Waals surface area (Å²) in [6.45, 7) is 1.14. The fraction of sp³-hybridized carbons (Fsp3) is 0.333. The van der Waals surface area contributed by atoms with E-state index in [0.717, 1.165) is 5.56 Å². The first-order valence-corrected chi connectivity index (χ1v) is 8.18. The molecular weight excluding hydrogens is 320 g/mol. The minimum Gasteiger partial charge on any atom is -0.453 e. The minimum absolute atomic E-state index is 0.0298. The second kappa shape index (κ2) is 7.74. The molecule has 7 nitrogen and oxygen atoms in total. The molecule has 0 spiro atoms. The third kappa shape index (κ3) is 4.12. The minimum atomic E-state index is -0.324. The van der Waals surface area contributed by atoms with Crippen molar-refractivity contribution in [1.82, 2.24) is 20.2 Å². The number of hydrogen-bond donors (Lipinski definition) is 1. The van der Waals surface area contributed by atoms with Gasteiger partial charge in [0, 0.05) is 37.1 Å². The van der Waals surface area contributed by atoms with Crippen LogP contribution < -0.4 is 5.32 Å². The average molecular weight is 340 g/mol. The van der Waals surface area contributed by atoms with Gasteiger partial charge in [0.1, 0.15) is 0 Å². The Kier molecular flexibility index (Phi) is 5.23. The quantitative estimate of drug-likeness (QED) is 0.925. The first-order chi connectivity index (χ1) is 12.2. The number of ether oxygens (including phenoxy) is 1. The first-order valence-electron chi connectivity index (χ1n) is 8.18. The number of nitrogens with zero attached hydrogens (tertiary/aromatic N) is 3. The zero-order chi connectivity index (χ0) is 17.6. The van der Waals surface area contributed by atoms with Crippen molar-refractivity contribution >= 4 is 12.0 Å². The number of hydrogen-bond acceptors (Lipinski definition) is 5. The molecule has 1 aromatic heterocycles. The van der Waals surface area contributed by atoms with Crippen molar-refractivity contribution in [3.05, 3.63) is 48.3 Å². The number of nitrogens with one attached hydrogen (secondary N) is 1. The summed E-state index contributed by atoms with van der Waals surface area (Å²) >= 11 is 0. The maximum Gasteiger partial charge on any atom is 0.409 e. The summed E-state index contributed by atoms with van der Waals surface area (Å²) in [6, 6.07) is 9.63. The number of aromatic nitrogens is 2. The van der Waals surface area contributed by atoms with E-state index in [1.54, 1.807) is 4.90 Å². The molecule has 1 aromatic carbocycles. The Hall–Kier alpha value is -2.96. The summed E-state index contributed by atoms with van der Waals surface area (Å²) in [4.78, 5) is 34.0. The number of amides is 2. The molecule has 7 heteroatoms. The van der Waals surface area contributed by atoms with E-state index in [1.165, 1.54) is 19.5 Å². The van der Waals surface area contributed by atoms with Crippen LogP contribution in [0.5, 0.6) is 0 Å². The molecule has 2 amide bonds. The van der Waals surface area contributed by atoms with Crippen LogP contribution in [0.15, 0.2) is 42.7 Å². The maximum atomic E-state index is 12.3. The predicted octanol–water partition coefficient (Wildman–Crippen LogP) is 2.10. The van der Waals surface area contributed by atoms with Crippen LogP contribution in [0, 0.1) is 0 Å². The zero-order valence-electron chi connectivity index (χ0n) is 14.0. The highest BCUT2D eigenvalue weighted by Gasteiger charge is 2.24. The molecule has 130 valence electrons. The van der Waals surface area contributed by atoms with E-state index in [2.05, 4.69) is 15.3 Å². The van der Waals surface area contributed by atoms with Crippen LogP contribution in [0.2, 0.25) is 0 Å². The zero-order valence-corrected chi connectivity index (χ0v) is 14.0. The van der Waals surface area contributed by atoms with Crippen LogP contribution in [0.4, 0.5) is 4.79 Å². The van der Waals surface area contributed by atoms with Gasteiger partial charge in [-0.3, -0.25) is 4.79 Å². The van der Waals surface area contributed by atoms with Gasteiger partial charge in [-0.05, 0) is 12.8 Å². The van der Waals surface area contributed by atoms with Crippen molar-refractivity contribution in [3.63, 3.8) is 0 Å².